The molecule has 0 fully saturated rings. The first-order chi connectivity index (χ1) is 10.00. The van der Waals surface area contributed by atoms with Crippen LogP contribution in [0, 0.1) is 5.41 Å². The Bertz CT molecular complexity index is 571. The summed E-state index contributed by atoms with van der Waals surface area (Å²) in [6.45, 7) is 4.99. The molecule has 2 aromatic rings. The lowest BCUT2D eigenvalue weighted by Crippen LogP contribution is -2.35. The molecule has 0 bridgehead atoms. The van der Waals surface area contributed by atoms with Crippen LogP contribution in [0.15, 0.2) is 30.6 Å². The number of fused-ring (bicyclic) bond motifs is 1. The van der Waals surface area contributed by atoms with Crippen molar-refractivity contribution in [1.82, 2.24) is 14.7 Å². The molecule has 0 aliphatic rings. The molecule has 21 heavy (non-hydrogen) atoms. The number of hydrogen-bond donors (Lipinski definition) is 2. The van der Waals surface area contributed by atoms with Crippen LogP contribution in [0.1, 0.15) is 32.4 Å². The van der Waals surface area contributed by atoms with E-state index in [4.69, 9.17) is 5.11 Å². The summed E-state index contributed by atoms with van der Waals surface area (Å²) in [5.41, 5.74) is 1.62. The monoisotopic (exact) mass is 289 g/mol. The van der Waals surface area contributed by atoms with Crippen LogP contribution in [0.3, 0.4) is 0 Å². The Hall–Kier alpha value is -1.88. The summed E-state index contributed by atoms with van der Waals surface area (Å²) in [5.74, 6) is -0.0181. The molecule has 0 atom stereocenters. The van der Waals surface area contributed by atoms with Crippen LogP contribution >= 0.6 is 0 Å². The second-order valence-corrected chi connectivity index (χ2v) is 6.14. The first-order valence-corrected chi connectivity index (χ1v) is 7.30. The standard InChI is InChI=1S/C16H23N3O2/c1-16(2,7-5-9-20)12-17-15(21)10-13-11-19-8-4-3-6-14(19)18-13/h3-4,6,8,11,20H,5,7,9-10,12H2,1-2H3,(H,17,21). The number of carbonyl (C=O) groups is 1. The normalized spacial score (nSPS) is 11.8. The molecular formula is C16H23N3O2. The van der Waals surface area contributed by atoms with Gasteiger partial charge in [-0.25, -0.2) is 4.98 Å². The van der Waals surface area contributed by atoms with Crippen molar-refractivity contribution in [3.8, 4) is 0 Å². The van der Waals surface area contributed by atoms with Gasteiger partial charge in [-0.05, 0) is 30.4 Å². The molecule has 0 radical (unpaired) electrons. The van der Waals surface area contributed by atoms with Crippen LogP contribution in [0.5, 0.6) is 0 Å². The summed E-state index contributed by atoms with van der Waals surface area (Å²) in [7, 11) is 0. The molecule has 2 heterocycles. The van der Waals surface area contributed by atoms with Gasteiger partial charge in [0, 0.05) is 25.5 Å². The van der Waals surface area contributed by atoms with E-state index in [1.165, 1.54) is 0 Å². The summed E-state index contributed by atoms with van der Waals surface area (Å²) in [5, 5.41) is 11.8. The molecule has 0 spiro atoms. The van der Waals surface area contributed by atoms with Crippen molar-refractivity contribution in [2.24, 2.45) is 5.41 Å². The third kappa shape index (κ3) is 4.56. The lowest BCUT2D eigenvalue weighted by Gasteiger charge is -2.24. The average Bonchev–Trinajstić information content (AvgIpc) is 2.85. The van der Waals surface area contributed by atoms with Crippen LogP contribution in [0.2, 0.25) is 0 Å². The summed E-state index contributed by atoms with van der Waals surface area (Å²) in [4.78, 5) is 16.4. The van der Waals surface area contributed by atoms with Crippen LogP contribution in [-0.2, 0) is 11.2 Å². The van der Waals surface area contributed by atoms with Gasteiger partial charge in [0.25, 0.3) is 0 Å². The van der Waals surface area contributed by atoms with Gasteiger partial charge in [0.05, 0.1) is 12.1 Å². The van der Waals surface area contributed by atoms with E-state index >= 15 is 0 Å². The van der Waals surface area contributed by atoms with E-state index in [2.05, 4.69) is 24.1 Å². The minimum absolute atomic E-state index is 0.00268. The predicted molar refractivity (Wildman–Crippen MR) is 82.0 cm³/mol. The van der Waals surface area contributed by atoms with Gasteiger partial charge in [0.2, 0.25) is 5.91 Å². The van der Waals surface area contributed by atoms with E-state index in [1.54, 1.807) is 0 Å². The van der Waals surface area contributed by atoms with Crippen molar-refractivity contribution < 1.29 is 9.90 Å². The number of imidazole rings is 1. The molecule has 2 N–H and O–H groups in total. The lowest BCUT2D eigenvalue weighted by atomic mass is 9.88. The van der Waals surface area contributed by atoms with E-state index < -0.39 is 0 Å². The number of carbonyl (C=O) groups excluding carboxylic acids is 1. The fourth-order valence-corrected chi connectivity index (χ4v) is 2.28. The van der Waals surface area contributed by atoms with Crippen molar-refractivity contribution in [2.75, 3.05) is 13.2 Å². The van der Waals surface area contributed by atoms with Gasteiger partial charge in [0.15, 0.2) is 0 Å². The number of amides is 1. The molecule has 0 aliphatic heterocycles. The molecule has 5 nitrogen and oxygen atoms in total. The summed E-state index contributed by atoms with van der Waals surface area (Å²) in [6, 6.07) is 5.78. The maximum atomic E-state index is 12.0. The molecule has 0 saturated carbocycles. The lowest BCUT2D eigenvalue weighted by molar-refractivity contribution is -0.120. The van der Waals surface area contributed by atoms with Gasteiger partial charge in [-0.3, -0.25) is 4.79 Å². The van der Waals surface area contributed by atoms with Crippen molar-refractivity contribution in [1.29, 1.82) is 0 Å². The highest BCUT2D eigenvalue weighted by atomic mass is 16.2. The maximum Gasteiger partial charge on any atom is 0.226 e. The van der Waals surface area contributed by atoms with Crippen molar-refractivity contribution >= 4 is 11.6 Å². The molecule has 0 aromatic carbocycles. The van der Waals surface area contributed by atoms with E-state index in [1.807, 2.05) is 35.0 Å². The molecule has 1 amide bonds. The minimum atomic E-state index is -0.0181. The van der Waals surface area contributed by atoms with Crippen molar-refractivity contribution in [3.05, 3.63) is 36.3 Å². The second-order valence-electron chi connectivity index (χ2n) is 6.14. The number of pyridine rings is 1. The van der Waals surface area contributed by atoms with Gasteiger partial charge >= 0.3 is 0 Å². The molecule has 0 aliphatic carbocycles. The van der Waals surface area contributed by atoms with Crippen LogP contribution in [-0.4, -0.2) is 33.6 Å². The number of rotatable bonds is 7. The number of nitrogens with one attached hydrogen (secondary N) is 1. The zero-order valence-electron chi connectivity index (χ0n) is 12.7. The van der Waals surface area contributed by atoms with Gasteiger partial charge in [0.1, 0.15) is 5.65 Å². The topological polar surface area (TPSA) is 66.6 Å². The molecule has 0 saturated heterocycles. The van der Waals surface area contributed by atoms with E-state index in [0.29, 0.717) is 6.54 Å². The number of aliphatic hydroxyl groups excluding tert-OH is 1. The Morgan fingerprint density at radius 1 is 1.43 bits per heavy atom. The molecule has 5 heteroatoms. The minimum Gasteiger partial charge on any atom is -0.396 e. The second kappa shape index (κ2) is 6.72. The first-order valence-electron chi connectivity index (χ1n) is 7.30. The van der Waals surface area contributed by atoms with E-state index in [0.717, 1.165) is 24.2 Å². The quantitative estimate of drug-likeness (QED) is 0.816. The third-order valence-electron chi connectivity index (χ3n) is 3.53. The summed E-state index contributed by atoms with van der Waals surface area (Å²) >= 11 is 0. The van der Waals surface area contributed by atoms with Gasteiger partial charge < -0.3 is 14.8 Å². The Morgan fingerprint density at radius 2 is 2.24 bits per heavy atom. The first kappa shape index (κ1) is 15.5. The smallest absolute Gasteiger partial charge is 0.226 e. The number of hydrogen-bond acceptors (Lipinski definition) is 3. The SMILES string of the molecule is CC(C)(CCCO)CNC(=O)Cc1cn2ccccc2n1. The van der Waals surface area contributed by atoms with Crippen LogP contribution < -0.4 is 5.32 Å². The molecule has 114 valence electrons. The molecule has 2 aromatic heterocycles. The molecule has 0 unspecified atom stereocenters. The van der Waals surface area contributed by atoms with Gasteiger partial charge in [-0.2, -0.15) is 0 Å². The maximum absolute atomic E-state index is 12.0. The number of aromatic nitrogens is 2. The Kier molecular flexibility index (Phi) is 4.96. The predicted octanol–water partition coefficient (Wildman–Crippen LogP) is 1.79. The fourth-order valence-electron chi connectivity index (χ4n) is 2.28. The summed E-state index contributed by atoms with van der Waals surface area (Å²) in [6.07, 6.45) is 5.73. The Labute approximate surface area is 125 Å². The van der Waals surface area contributed by atoms with Crippen LogP contribution in [0.25, 0.3) is 5.65 Å². The summed E-state index contributed by atoms with van der Waals surface area (Å²) < 4.78 is 1.91. The zero-order chi connectivity index (χ0) is 15.3. The highest BCUT2D eigenvalue weighted by Gasteiger charge is 2.18. The van der Waals surface area contributed by atoms with E-state index in [9.17, 15) is 4.79 Å². The third-order valence-corrected chi connectivity index (χ3v) is 3.53. The Morgan fingerprint density at radius 3 is 2.95 bits per heavy atom. The zero-order valence-corrected chi connectivity index (χ0v) is 12.7. The average molecular weight is 289 g/mol. The number of aliphatic hydroxyl groups is 1. The molecular weight excluding hydrogens is 266 g/mol. The van der Waals surface area contributed by atoms with Crippen molar-refractivity contribution in [2.45, 2.75) is 33.1 Å². The number of nitrogens with zero attached hydrogens (tertiary/aromatic N) is 2. The highest BCUT2D eigenvalue weighted by Crippen LogP contribution is 2.20. The van der Waals surface area contributed by atoms with Gasteiger partial charge in [-0.1, -0.05) is 19.9 Å². The van der Waals surface area contributed by atoms with Crippen LogP contribution in [0.4, 0.5) is 0 Å². The largest absolute Gasteiger partial charge is 0.396 e. The highest BCUT2D eigenvalue weighted by molar-refractivity contribution is 5.78. The van der Waals surface area contributed by atoms with Gasteiger partial charge in [-0.15, -0.1) is 0 Å². The fraction of sp³-hybridized carbons (Fsp3) is 0.500. The van der Waals surface area contributed by atoms with Crippen molar-refractivity contribution in [3.63, 3.8) is 0 Å². The van der Waals surface area contributed by atoms with E-state index in [-0.39, 0.29) is 24.3 Å². The Balaban J connectivity index is 1.87. The molecule has 2 rings (SSSR count).